The van der Waals surface area contributed by atoms with Gasteiger partial charge in [-0.05, 0) is 30.4 Å². The fourth-order valence-corrected chi connectivity index (χ4v) is 2.65. The van der Waals surface area contributed by atoms with Crippen LogP contribution in [0.2, 0.25) is 0 Å². The van der Waals surface area contributed by atoms with Crippen LogP contribution in [0.15, 0.2) is 29.3 Å². The van der Waals surface area contributed by atoms with Crippen LogP contribution in [0.25, 0.3) is 0 Å². The minimum absolute atomic E-state index is 0.424. The molecule has 0 saturated carbocycles. The molecule has 0 spiro atoms. The molecule has 0 aliphatic carbocycles. The number of rotatable bonds is 5. The highest BCUT2D eigenvalue weighted by Crippen LogP contribution is 2.17. The lowest BCUT2D eigenvalue weighted by molar-refractivity contribution is 0.258. The first-order chi connectivity index (χ1) is 10.6. The zero-order chi connectivity index (χ0) is 15.9. The van der Waals surface area contributed by atoms with E-state index in [4.69, 9.17) is 0 Å². The lowest BCUT2D eigenvalue weighted by Gasteiger charge is -2.29. The van der Waals surface area contributed by atoms with Gasteiger partial charge >= 0.3 is 0 Å². The van der Waals surface area contributed by atoms with E-state index in [-0.39, 0.29) is 0 Å². The molecule has 0 radical (unpaired) electrons. The lowest BCUT2D eigenvalue weighted by Crippen LogP contribution is -2.46. The van der Waals surface area contributed by atoms with Crippen LogP contribution in [0.3, 0.4) is 0 Å². The molecule has 0 aromatic heterocycles. The van der Waals surface area contributed by atoms with Crippen molar-refractivity contribution in [1.29, 1.82) is 0 Å². The van der Waals surface area contributed by atoms with Crippen molar-refractivity contribution in [2.24, 2.45) is 10.9 Å². The Bertz CT molecular complexity index is 496. The van der Waals surface area contributed by atoms with E-state index in [2.05, 4.69) is 65.6 Å². The SMILES string of the molecule is CN=C(NCCN1CCc2ccccc2C1)NC(C)C(C)C. The minimum Gasteiger partial charge on any atom is -0.355 e. The van der Waals surface area contributed by atoms with Crippen LogP contribution in [0, 0.1) is 5.92 Å². The molecule has 0 fully saturated rings. The van der Waals surface area contributed by atoms with E-state index in [0.717, 1.165) is 38.6 Å². The van der Waals surface area contributed by atoms with Gasteiger partial charge in [-0.1, -0.05) is 38.1 Å². The number of hydrogen-bond donors (Lipinski definition) is 2. The second-order valence-corrected chi connectivity index (χ2v) is 6.47. The van der Waals surface area contributed by atoms with Gasteiger partial charge in [-0.15, -0.1) is 0 Å². The second kappa shape index (κ2) is 8.18. The van der Waals surface area contributed by atoms with Crippen molar-refractivity contribution in [1.82, 2.24) is 15.5 Å². The molecule has 0 bridgehead atoms. The molecule has 2 N–H and O–H groups in total. The highest BCUT2D eigenvalue weighted by atomic mass is 15.2. The number of benzene rings is 1. The number of fused-ring (bicyclic) bond motifs is 1. The van der Waals surface area contributed by atoms with E-state index in [1.165, 1.54) is 11.1 Å². The summed E-state index contributed by atoms with van der Waals surface area (Å²) in [5.41, 5.74) is 2.99. The van der Waals surface area contributed by atoms with Gasteiger partial charge in [0.2, 0.25) is 0 Å². The van der Waals surface area contributed by atoms with Gasteiger partial charge in [-0.2, -0.15) is 0 Å². The molecule has 122 valence electrons. The molecular weight excluding hydrogens is 272 g/mol. The molecule has 1 aromatic carbocycles. The molecule has 22 heavy (non-hydrogen) atoms. The van der Waals surface area contributed by atoms with Gasteiger partial charge in [0.05, 0.1) is 0 Å². The van der Waals surface area contributed by atoms with Gasteiger partial charge < -0.3 is 10.6 Å². The van der Waals surface area contributed by atoms with Gasteiger partial charge in [0, 0.05) is 39.3 Å². The summed E-state index contributed by atoms with van der Waals surface area (Å²) >= 11 is 0. The predicted octanol–water partition coefficient (Wildman–Crippen LogP) is 2.25. The Morgan fingerprint density at radius 1 is 1.23 bits per heavy atom. The van der Waals surface area contributed by atoms with Crippen LogP contribution >= 0.6 is 0 Å². The van der Waals surface area contributed by atoms with Crippen LogP contribution < -0.4 is 10.6 Å². The Labute approximate surface area is 135 Å². The molecule has 2 rings (SSSR count). The quantitative estimate of drug-likeness (QED) is 0.647. The Hall–Kier alpha value is -1.55. The van der Waals surface area contributed by atoms with E-state index < -0.39 is 0 Å². The molecule has 1 aliphatic rings. The maximum absolute atomic E-state index is 4.30. The summed E-state index contributed by atoms with van der Waals surface area (Å²) in [5, 5.41) is 6.86. The third kappa shape index (κ3) is 4.73. The predicted molar refractivity (Wildman–Crippen MR) is 94.2 cm³/mol. The van der Waals surface area contributed by atoms with Crippen LogP contribution in [0.1, 0.15) is 31.9 Å². The summed E-state index contributed by atoms with van der Waals surface area (Å²) in [4.78, 5) is 6.81. The summed E-state index contributed by atoms with van der Waals surface area (Å²) in [6.07, 6.45) is 1.16. The molecule has 1 atom stereocenters. The van der Waals surface area contributed by atoms with E-state index in [1.54, 1.807) is 0 Å². The normalized spacial score (nSPS) is 17.2. The van der Waals surface area contributed by atoms with Crippen LogP contribution in [0.4, 0.5) is 0 Å². The Kier molecular flexibility index (Phi) is 6.25. The van der Waals surface area contributed by atoms with Crippen molar-refractivity contribution >= 4 is 5.96 Å². The van der Waals surface area contributed by atoms with Gasteiger partial charge in [-0.3, -0.25) is 9.89 Å². The van der Waals surface area contributed by atoms with Gasteiger partial charge in [0.15, 0.2) is 5.96 Å². The number of aliphatic imine (C=N–C) groups is 1. The molecule has 0 saturated heterocycles. The summed E-state index contributed by atoms with van der Waals surface area (Å²) in [5.74, 6) is 1.50. The largest absolute Gasteiger partial charge is 0.355 e. The summed E-state index contributed by atoms with van der Waals surface area (Å²) in [7, 11) is 1.83. The Balaban J connectivity index is 1.75. The van der Waals surface area contributed by atoms with E-state index in [9.17, 15) is 0 Å². The first-order valence-electron chi connectivity index (χ1n) is 8.36. The fraction of sp³-hybridized carbons (Fsp3) is 0.611. The number of nitrogens with zero attached hydrogens (tertiary/aromatic N) is 2. The van der Waals surface area contributed by atoms with Crippen molar-refractivity contribution in [2.45, 2.75) is 39.8 Å². The Morgan fingerprint density at radius 2 is 1.95 bits per heavy atom. The smallest absolute Gasteiger partial charge is 0.191 e. The van der Waals surface area contributed by atoms with Crippen molar-refractivity contribution in [3.05, 3.63) is 35.4 Å². The standard InChI is InChI=1S/C18H30N4/c1-14(2)15(3)21-18(19-4)20-10-12-22-11-9-16-7-5-6-8-17(16)13-22/h5-8,14-15H,9-13H2,1-4H3,(H2,19,20,21). The van der Waals surface area contributed by atoms with Crippen LogP contribution in [-0.2, 0) is 13.0 Å². The zero-order valence-electron chi connectivity index (χ0n) is 14.4. The van der Waals surface area contributed by atoms with E-state index in [1.807, 2.05) is 7.05 Å². The zero-order valence-corrected chi connectivity index (χ0v) is 14.4. The minimum atomic E-state index is 0.424. The molecule has 4 heteroatoms. The summed E-state index contributed by atoms with van der Waals surface area (Å²) in [6.45, 7) is 10.8. The first kappa shape index (κ1) is 16.8. The molecule has 1 aromatic rings. The maximum atomic E-state index is 4.30. The third-order valence-electron chi connectivity index (χ3n) is 4.52. The molecule has 1 unspecified atom stereocenters. The van der Waals surface area contributed by atoms with Crippen LogP contribution in [-0.4, -0.2) is 43.6 Å². The Morgan fingerprint density at radius 3 is 2.64 bits per heavy atom. The molecule has 0 amide bonds. The van der Waals surface area contributed by atoms with Crippen molar-refractivity contribution in [2.75, 3.05) is 26.7 Å². The number of nitrogens with one attached hydrogen (secondary N) is 2. The average molecular weight is 302 g/mol. The van der Waals surface area contributed by atoms with E-state index in [0.29, 0.717) is 12.0 Å². The monoisotopic (exact) mass is 302 g/mol. The van der Waals surface area contributed by atoms with E-state index >= 15 is 0 Å². The molecular formula is C18H30N4. The molecule has 1 heterocycles. The van der Waals surface area contributed by atoms with Crippen molar-refractivity contribution in [3.8, 4) is 0 Å². The second-order valence-electron chi connectivity index (χ2n) is 6.47. The molecule has 1 aliphatic heterocycles. The average Bonchev–Trinajstić information content (AvgIpc) is 2.53. The summed E-state index contributed by atoms with van der Waals surface area (Å²) < 4.78 is 0. The van der Waals surface area contributed by atoms with Crippen molar-refractivity contribution in [3.63, 3.8) is 0 Å². The van der Waals surface area contributed by atoms with Gasteiger partial charge in [-0.25, -0.2) is 0 Å². The fourth-order valence-electron chi connectivity index (χ4n) is 2.65. The first-order valence-corrected chi connectivity index (χ1v) is 8.36. The number of hydrogen-bond acceptors (Lipinski definition) is 2. The lowest BCUT2D eigenvalue weighted by atomic mass is 10.00. The van der Waals surface area contributed by atoms with Gasteiger partial charge in [0.25, 0.3) is 0 Å². The topological polar surface area (TPSA) is 39.7 Å². The molecule has 4 nitrogen and oxygen atoms in total. The maximum Gasteiger partial charge on any atom is 0.191 e. The van der Waals surface area contributed by atoms with Crippen molar-refractivity contribution < 1.29 is 0 Å². The van der Waals surface area contributed by atoms with Crippen LogP contribution in [0.5, 0.6) is 0 Å². The third-order valence-corrected chi connectivity index (χ3v) is 4.52. The van der Waals surface area contributed by atoms with Gasteiger partial charge in [0.1, 0.15) is 0 Å². The number of guanidine groups is 1. The highest BCUT2D eigenvalue weighted by Gasteiger charge is 2.15. The highest BCUT2D eigenvalue weighted by molar-refractivity contribution is 5.79. The summed E-state index contributed by atoms with van der Waals surface area (Å²) in [6, 6.07) is 9.21.